The van der Waals surface area contributed by atoms with Crippen molar-refractivity contribution in [2.75, 3.05) is 0 Å². The lowest BCUT2D eigenvalue weighted by Crippen LogP contribution is -2.18. The van der Waals surface area contributed by atoms with E-state index in [1.807, 2.05) is 0 Å². The summed E-state index contributed by atoms with van der Waals surface area (Å²) in [7, 11) is 0. The van der Waals surface area contributed by atoms with Crippen LogP contribution in [0, 0.1) is 13.8 Å². The predicted molar refractivity (Wildman–Crippen MR) is 55.2 cm³/mol. The molecule has 0 bridgehead atoms. The standard InChI is InChI=1S/C7H2F5IN2O3/c8-5(9)4-2(15(16)17)1-3(6(13)14-4)18-7(10,11)12/h1,5H. The number of nitro groups is 1. The summed E-state index contributed by atoms with van der Waals surface area (Å²) in [5.41, 5.74) is -2.44. The number of ether oxygens (including phenoxy) is 1. The van der Waals surface area contributed by atoms with Gasteiger partial charge in [0.2, 0.25) is 0 Å². The Balaban J connectivity index is 3.32. The first kappa shape index (κ1) is 14.8. The van der Waals surface area contributed by atoms with Gasteiger partial charge in [-0.15, -0.1) is 13.2 Å². The van der Waals surface area contributed by atoms with Crippen LogP contribution in [0.2, 0.25) is 0 Å². The highest BCUT2D eigenvalue weighted by Gasteiger charge is 2.34. The lowest BCUT2D eigenvalue weighted by atomic mass is 10.3. The topological polar surface area (TPSA) is 65.3 Å². The Labute approximate surface area is 109 Å². The van der Waals surface area contributed by atoms with Gasteiger partial charge < -0.3 is 4.74 Å². The molecule has 0 spiro atoms. The molecule has 0 saturated carbocycles. The molecule has 0 aliphatic carbocycles. The molecule has 0 aromatic carbocycles. The molecule has 1 heterocycles. The molecule has 1 rings (SSSR count). The van der Waals surface area contributed by atoms with Crippen LogP contribution in [-0.2, 0) is 0 Å². The highest BCUT2D eigenvalue weighted by atomic mass is 127. The third kappa shape index (κ3) is 3.61. The van der Waals surface area contributed by atoms with Gasteiger partial charge >= 0.3 is 6.36 Å². The van der Waals surface area contributed by atoms with E-state index >= 15 is 0 Å². The largest absolute Gasteiger partial charge is 0.573 e. The van der Waals surface area contributed by atoms with Crippen molar-refractivity contribution in [1.82, 2.24) is 4.98 Å². The summed E-state index contributed by atoms with van der Waals surface area (Å²) >= 11 is 1.21. The van der Waals surface area contributed by atoms with Crippen molar-refractivity contribution in [3.63, 3.8) is 0 Å². The molecular formula is C7H2F5IN2O3. The second kappa shape index (κ2) is 5.16. The first-order valence-corrected chi connectivity index (χ1v) is 5.08. The van der Waals surface area contributed by atoms with Crippen molar-refractivity contribution in [3.8, 4) is 5.75 Å². The fourth-order valence-corrected chi connectivity index (χ4v) is 1.50. The number of nitrogens with zero attached hydrogens (tertiary/aromatic N) is 2. The van der Waals surface area contributed by atoms with Crippen LogP contribution in [0.3, 0.4) is 0 Å². The van der Waals surface area contributed by atoms with E-state index in [1.54, 1.807) is 0 Å². The van der Waals surface area contributed by atoms with Crippen molar-refractivity contribution >= 4 is 28.3 Å². The van der Waals surface area contributed by atoms with Crippen LogP contribution < -0.4 is 4.74 Å². The molecule has 5 nitrogen and oxygen atoms in total. The van der Waals surface area contributed by atoms with Gasteiger partial charge in [0.25, 0.3) is 12.1 Å². The molecule has 100 valence electrons. The van der Waals surface area contributed by atoms with Gasteiger partial charge in [-0.05, 0) is 22.6 Å². The van der Waals surface area contributed by atoms with Crippen molar-refractivity contribution in [3.05, 3.63) is 25.6 Å². The van der Waals surface area contributed by atoms with E-state index in [-0.39, 0.29) is 6.07 Å². The number of halogens is 6. The van der Waals surface area contributed by atoms with Gasteiger partial charge in [-0.25, -0.2) is 13.8 Å². The van der Waals surface area contributed by atoms with Crippen molar-refractivity contribution in [2.45, 2.75) is 12.8 Å². The summed E-state index contributed by atoms with van der Waals surface area (Å²) in [6.07, 6.45) is -8.37. The Hall–Kier alpha value is -1.27. The first-order valence-electron chi connectivity index (χ1n) is 4.00. The van der Waals surface area contributed by atoms with Crippen LogP contribution in [-0.4, -0.2) is 16.3 Å². The molecule has 0 saturated heterocycles. The van der Waals surface area contributed by atoms with Gasteiger partial charge in [0.05, 0.1) is 11.0 Å². The number of aromatic nitrogens is 1. The van der Waals surface area contributed by atoms with Crippen LogP contribution in [0.5, 0.6) is 5.75 Å². The number of pyridine rings is 1. The maximum atomic E-state index is 12.4. The van der Waals surface area contributed by atoms with Crippen molar-refractivity contribution in [1.29, 1.82) is 0 Å². The summed E-state index contributed by atoms with van der Waals surface area (Å²) in [5, 5.41) is 10.4. The third-order valence-corrected chi connectivity index (χ3v) is 2.35. The maximum absolute atomic E-state index is 12.4. The van der Waals surface area contributed by atoms with Gasteiger partial charge in [-0.2, -0.15) is 0 Å². The third-order valence-electron chi connectivity index (χ3n) is 1.58. The predicted octanol–water partition coefficient (Wildman–Crippen LogP) is 3.43. The first-order chi connectivity index (χ1) is 8.11. The number of hydrogen-bond acceptors (Lipinski definition) is 4. The van der Waals surface area contributed by atoms with E-state index in [0.717, 1.165) is 0 Å². The molecule has 0 atom stereocenters. The second-order valence-electron chi connectivity index (χ2n) is 2.79. The highest BCUT2D eigenvalue weighted by molar-refractivity contribution is 14.1. The number of rotatable bonds is 3. The maximum Gasteiger partial charge on any atom is 0.573 e. The monoisotopic (exact) mass is 384 g/mol. The Morgan fingerprint density at radius 2 is 2.00 bits per heavy atom. The summed E-state index contributed by atoms with van der Waals surface area (Å²) in [4.78, 5) is 12.2. The molecule has 0 aliphatic rings. The molecule has 1 aromatic rings. The van der Waals surface area contributed by atoms with Crippen LogP contribution in [0.1, 0.15) is 12.1 Å². The zero-order chi connectivity index (χ0) is 14.1. The summed E-state index contributed by atoms with van der Waals surface area (Å²) < 4.78 is 63.5. The Kier molecular flexibility index (Phi) is 4.24. The lowest BCUT2D eigenvalue weighted by molar-refractivity contribution is -0.386. The van der Waals surface area contributed by atoms with Gasteiger partial charge in [0, 0.05) is 0 Å². The van der Waals surface area contributed by atoms with Crippen molar-refractivity contribution < 1.29 is 31.6 Å². The van der Waals surface area contributed by atoms with Crippen LogP contribution >= 0.6 is 22.6 Å². The lowest BCUT2D eigenvalue weighted by Gasteiger charge is -2.11. The van der Waals surface area contributed by atoms with E-state index in [9.17, 15) is 32.1 Å². The van der Waals surface area contributed by atoms with E-state index in [2.05, 4.69) is 9.72 Å². The molecule has 18 heavy (non-hydrogen) atoms. The van der Waals surface area contributed by atoms with Crippen LogP contribution in [0.25, 0.3) is 0 Å². The Bertz CT molecular complexity index is 479. The average Bonchev–Trinajstić information content (AvgIpc) is 2.17. The number of alkyl halides is 5. The quantitative estimate of drug-likeness (QED) is 0.263. The molecule has 0 N–H and O–H groups in total. The van der Waals surface area contributed by atoms with Gasteiger partial charge in [-0.1, -0.05) is 0 Å². The van der Waals surface area contributed by atoms with Gasteiger partial charge in [0.15, 0.2) is 11.4 Å². The van der Waals surface area contributed by atoms with Crippen LogP contribution in [0.4, 0.5) is 27.6 Å². The molecule has 0 fully saturated rings. The minimum Gasteiger partial charge on any atom is -0.403 e. The van der Waals surface area contributed by atoms with E-state index in [4.69, 9.17) is 0 Å². The molecule has 0 unspecified atom stereocenters. The molecule has 1 aromatic heterocycles. The van der Waals surface area contributed by atoms with E-state index in [1.165, 1.54) is 22.6 Å². The Morgan fingerprint density at radius 3 is 2.39 bits per heavy atom. The molecule has 0 amide bonds. The summed E-state index contributed by atoms with van der Waals surface area (Å²) in [6.45, 7) is 0. The molecule has 0 radical (unpaired) electrons. The summed E-state index contributed by atoms with van der Waals surface area (Å²) in [5.74, 6) is -1.00. The Morgan fingerprint density at radius 1 is 1.44 bits per heavy atom. The second-order valence-corrected chi connectivity index (χ2v) is 3.81. The smallest absolute Gasteiger partial charge is 0.403 e. The molecule has 11 heteroatoms. The number of hydrogen-bond donors (Lipinski definition) is 0. The minimum absolute atomic E-state index is 0.268. The van der Waals surface area contributed by atoms with Gasteiger partial charge in [0.1, 0.15) is 3.70 Å². The minimum atomic E-state index is -5.10. The SMILES string of the molecule is O=[N+]([O-])c1cc(OC(F)(F)F)c(I)nc1C(F)F. The highest BCUT2D eigenvalue weighted by Crippen LogP contribution is 2.35. The molecular weight excluding hydrogens is 382 g/mol. The van der Waals surface area contributed by atoms with E-state index < -0.39 is 38.5 Å². The van der Waals surface area contributed by atoms with E-state index in [0.29, 0.717) is 0 Å². The normalized spacial score (nSPS) is 11.7. The summed E-state index contributed by atoms with van der Waals surface area (Å²) in [6, 6.07) is 0.268. The van der Waals surface area contributed by atoms with Gasteiger partial charge in [-0.3, -0.25) is 10.1 Å². The fraction of sp³-hybridized carbons (Fsp3) is 0.286. The zero-order valence-electron chi connectivity index (χ0n) is 8.04. The average molecular weight is 384 g/mol. The fourth-order valence-electron chi connectivity index (χ4n) is 0.979. The molecule has 0 aliphatic heterocycles. The zero-order valence-corrected chi connectivity index (χ0v) is 10.2. The van der Waals surface area contributed by atoms with Crippen molar-refractivity contribution in [2.24, 2.45) is 0 Å². The van der Waals surface area contributed by atoms with Crippen LogP contribution in [0.15, 0.2) is 6.07 Å².